The van der Waals surface area contributed by atoms with E-state index in [4.69, 9.17) is 9.05 Å². The molecule has 0 radical (unpaired) electrons. The molecule has 0 aromatic rings. The highest BCUT2D eigenvalue weighted by Gasteiger charge is 2.23. The topological polar surface area (TPSA) is 108 Å². The quantitative estimate of drug-likeness (QED) is 0.0272. The molecule has 0 fully saturated rings. The van der Waals surface area contributed by atoms with Gasteiger partial charge in [-0.25, -0.2) is 0 Å². The van der Waals surface area contributed by atoms with Crippen molar-refractivity contribution >= 4 is 13.7 Å². The number of hydrogen-bond donors (Lipinski definition) is 2. The molecule has 0 aliphatic heterocycles. The minimum atomic E-state index is -4.59. The Balaban J connectivity index is 3.89. The van der Waals surface area contributed by atoms with Gasteiger partial charge < -0.3 is 28.8 Å². The third-order valence-corrected chi connectivity index (χ3v) is 15.1. The fourth-order valence-corrected chi connectivity index (χ4v) is 9.88. The van der Waals surface area contributed by atoms with Crippen molar-refractivity contribution in [2.75, 3.05) is 40.9 Å². The molecule has 0 aromatic carbocycles. The SMILES string of the molecule is CC/C=C\C/C=C\C/C=C\C/C=C\C/C=C\C/C=C\CCCCCCCCCCCCCCCCCCCCCCCCC(=O)NC(COP(=O)([O-])OCC[N+](C)(C)C)C(O)/C=C/CCCCCCCCCCCCC. The maximum absolute atomic E-state index is 13.0. The number of nitrogens with one attached hydrogen (secondary N) is 1. The van der Waals surface area contributed by atoms with Gasteiger partial charge in [0.1, 0.15) is 13.2 Å². The standard InChI is InChI=1S/C67H123N2O6P/c1-6-8-10-12-14-16-18-20-21-22-23-24-25-26-27-28-29-30-31-32-33-34-35-36-37-38-39-40-41-42-43-44-45-46-47-49-51-53-55-57-59-61-67(71)68-65(64-75-76(72,73)74-63-62-69(3,4)5)66(70)60-58-56-54-52-50-48-19-17-15-13-11-9-7-2/h8,10,14,16,20-21,23-24,26-27,29-30,58,60,65-66,70H,6-7,9,11-13,15,17-19,22,25,28,31-57,59,61-64H2,1-5H3,(H-,68,71,72,73)/b10-8-,16-14-,21-20-,24-23-,27-26-,30-29-,60-58+. The number of rotatable bonds is 58. The van der Waals surface area contributed by atoms with Crippen LogP contribution < -0.4 is 10.2 Å². The van der Waals surface area contributed by atoms with Crippen molar-refractivity contribution < 1.29 is 32.9 Å². The molecule has 0 aromatic heterocycles. The zero-order valence-electron chi connectivity index (χ0n) is 50.4. The number of nitrogens with zero attached hydrogens (tertiary/aromatic N) is 1. The van der Waals surface area contributed by atoms with Crippen LogP contribution in [-0.4, -0.2) is 68.5 Å². The average molecular weight is 1080 g/mol. The van der Waals surface area contributed by atoms with Crippen LogP contribution in [0.3, 0.4) is 0 Å². The molecular formula is C67H123N2O6P. The van der Waals surface area contributed by atoms with Gasteiger partial charge in [-0.3, -0.25) is 9.36 Å². The van der Waals surface area contributed by atoms with E-state index in [9.17, 15) is 19.4 Å². The molecule has 0 spiro atoms. The Bertz CT molecular complexity index is 1510. The first-order valence-corrected chi connectivity index (χ1v) is 33.4. The first-order valence-electron chi connectivity index (χ1n) is 31.9. The van der Waals surface area contributed by atoms with Gasteiger partial charge in [-0.05, 0) is 70.6 Å². The second-order valence-corrected chi connectivity index (χ2v) is 24.1. The summed E-state index contributed by atoms with van der Waals surface area (Å²) < 4.78 is 23.3. The number of phosphoric ester groups is 1. The molecule has 2 N–H and O–H groups in total. The third-order valence-electron chi connectivity index (χ3n) is 14.1. The van der Waals surface area contributed by atoms with Gasteiger partial charge >= 0.3 is 0 Å². The summed E-state index contributed by atoms with van der Waals surface area (Å²) >= 11 is 0. The largest absolute Gasteiger partial charge is 0.756 e. The Labute approximate surface area is 471 Å². The molecule has 0 aliphatic carbocycles. The summed E-state index contributed by atoms with van der Waals surface area (Å²) in [5.74, 6) is -0.196. The Morgan fingerprint density at radius 2 is 0.803 bits per heavy atom. The van der Waals surface area contributed by atoms with Crippen LogP contribution in [-0.2, 0) is 18.4 Å². The van der Waals surface area contributed by atoms with Crippen LogP contribution in [0.25, 0.3) is 0 Å². The van der Waals surface area contributed by atoms with E-state index < -0.39 is 20.0 Å². The summed E-state index contributed by atoms with van der Waals surface area (Å²) in [7, 11) is 1.27. The number of phosphoric acid groups is 1. The Hall–Kier alpha value is -2.32. The van der Waals surface area contributed by atoms with E-state index in [-0.39, 0.29) is 19.1 Å². The fourth-order valence-electron chi connectivity index (χ4n) is 9.16. The van der Waals surface area contributed by atoms with Crippen LogP contribution in [0.5, 0.6) is 0 Å². The van der Waals surface area contributed by atoms with Crippen molar-refractivity contribution in [1.82, 2.24) is 5.32 Å². The molecule has 0 bridgehead atoms. The number of likely N-dealkylation sites (N-methyl/N-ethyl adjacent to an activating group) is 1. The maximum atomic E-state index is 13.0. The highest BCUT2D eigenvalue weighted by Crippen LogP contribution is 2.38. The Kier molecular flexibility index (Phi) is 55.6. The smallest absolute Gasteiger partial charge is 0.268 e. The molecule has 0 heterocycles. The van der Waals surface area contributed by atoms with Crippen LogP contribution in [0, 0.1) is 0 Å². The van der Waals surface area contributed by atoms with Crippen molar-refractivity contribution in [1.29, 1.82) is 0 Å². The summed E-state index contributed by atoms with van der Waals surface area (Å²) in [5, 5.41) is 13.9. The molecular weight excluding hydrogens is 960 g/mol. The lowest BCUT2D eigenvalue weighted by Gasteiger charge is -2.29. The Morgan fingerprint density at radius 3 is 1.17 bits per heavy atom. The normalized spacial score (nSPS) is 14.4. The Morgan fingerprint density at radius 1 is 0.474 bits per heavy atom. The molecule has 8 nitrogen and oxygen atoms in total. The number of unbranched alkanes of at least 4 members (excludes halogenated alkanes) is 33. The van der Waals surface area contributed by atoms with E-state index in [2.05, 4.69) is 92.1 Å². The fraction of sp³-hybridized carbons (Fsp3) is 0.776. The molecule has 442 valence electrons. The molecule has 1 amide bonds. The number of hydrogen-bond acceptors (Lipinski definition) is 6. The van der Waals surface area contributed by atoms with Gasteiger partial charge in [0.05, 0.1) is 39.9 Å². The number of carbonyl (C=O) groups is 1. The van der Waals surface area contributed by atoms with E-state index in [0.717, 1.165) is 77.0 Å². The van der Waals surface area contributed by atoms with Crippen LogP contribution in [0.15, 0.2) is 85.1 Å². The highest BCUT2D eigenvalue weighted by molar-refractivity contribution is 7.45. The first-order chi connectivity index (χ1) is 37.0. The third kappa shape index (κ3) is 59.3. The lowest BCUT2D eigenvalue weighted by molar-refractivity contribution is -0.870. The van der Waals surface area contributed by atoms with Gasteiger partial charge in [0.2, 0.25) is 5.91 Å². The van der Waals surface area contributed by atoms with Crippen molar-refractivity contribution in [3.8, 4) is 0 Å². The molecule has 9 heteroatoms. The second-order valence-electron chi connectivity index (χ2n) is 22.7. The summed E-state index contributed by atoms with van der Waals surface area (Å²) in [4.78, 5) is 25.5. The zero-order chi connectivity index (χ0) is 55.6. The van der Waals surface area contributed by atoms with E-state index >= 15 is 0 Å². The summed E-state index contributed by atoms with van der Waals surface area (Å²) in [6.45, 7) is 4.54. The van der Waals surface area contributed by atoms with Gasteiger partial charge in [-0.1, -0.05) is 292 Å². The molecule has 76 heavy (non-hydrogen) atoms. The molecule has 3 unspecified atom stereocenters. The molecule has 0 rings (SSSR count). The van der Waals surface area contributed by atoms with Crippen LogP contribution in [0.4, 0.5) is 0 Å². The average Bonchev–Trinajstić information content (AvgIpc) is 3.38. The number of aliphatic hydroxyl groups is 1. The zero-order valence-corrected chi connectivity index (χ0v) is 51.3. The number of quaternary nitrogens is 1. The van der Waals surface area contributed by atoms with Crippen molar-refractivity contribution in [3.05, 3.63) is 85.1 Å². The number of allylic oxidation sites excluding steroid dienone is 13. The van der Waals surface area contributed by atoms with Gasteiger partial charge in [0, 0.05) is 6.42 Å². The number of carbonyl (C=O) groups excluding carboxylic acids is 1. The van der Waals surface area contributed by atoms with Crippen molar-refractivity contribution in [2.24, 2.45) is 0 Å². The monoisotopic (exact) mass is 1080 g/mol. The second kappa shape index (κ2) is 57.4. The predicted octanol–water partition coefficient (Wildman–Crippen LogP) is 19.4. The van der Waals surface area contributed by atoms with Crippen LogP contribution in [0.2, 0.25) is 0 Å². The molecule has 3 atom stereocenters. The number of amides is 1. The molecule has 0 saturated heterocycles. The van der Waals surface area contributed by atoms with Crippen LogP contribution >= 0.6 is 7.82 Å². The van der Waals surface area contributed by atoms with Gasteiger partial charge in [-0.2, -0.15) is 0 Å². The summed E-state index contributed by atoms with van der Waals surface area (Å²) in [6.07, 6.45) is 81.2. The molecule has 0 saturated carbocycles. The van der Waals surface area contributed by atoms with Gasteiger partial charge in [0.25, 0.3) is 7.82 Å². The minimum absolute atomic E-state index is 0.00124. The molecule has 0 aliphatic rings. The van der Waals surface area contributed by atoms with E-state index in [1.165, 1.54) is 186 Å². The van der Waals surface area contributed by atoms with E-state index in [1.807, 2.05) is 27.2 Å². The van der Waals surface area contributed by atoms with E-state index in [0.29, 0.717) is 17.4 Å². The maximum Gasteiger partial charge on any atom is 0.268 e. The van der Waals surface area contributed by atoms with Crippen molar-refractivity contribution in [3.63, 3.8) is 0 Å². The summed E-state index contributed by atoms with van der Waals surface area (Å²) in [6, 6.07) is -0.887. The van der Waals surface area contributed by atoms with Gasteiger partial charge in [0.15, 0.2) is 0 Å². The predicted molar refractivity (Wildman–Crippen MR) is 330 cm³/mol. The van der Waals surface area contributed by atoms with Gasteiger partial charge in [-0.15, -0.1) is 0 Å². The van der Waals surface area contributed by atoms with Crippen molar-refractivity contribution in [2.45, 2.75) is 296 Å². The number of aliphatic hydroxyl groups excluding tert-OH is 1. The minimum Gasteiger partial charge on any atom is -0.756 e. The van der Waals surface area contributed by atoms with E-state index in [1.54, 1.807) is 6.08 Å². The highest BCUT2D eigenvalue weighted by atomic mass is 31.2. The first kappa shape index (κ1) is 73.7. The summed E-state index contributed by atoms with van der Waals surface area (Å²) in [5.41, 5.74) is 0. The van der Waals surface area contributed by atoms with Crippen LogP contribution in [0.1, 0.15) is 284 Å². The lowest BCUT2D eigenvalue weighted by Crippen LogP contribution is -2.45. The lowest BCUT2D eigenvalue weighted by atomic mass is 10.0.